The van der Waals surface area contributed by atoms with Gasteiger partial charge in [0, 0.05) is 11.4 Å². The zero-order valence-electron chi connectivity index (χ0n) is 15.0. The summed E-state index contributed by atoms with van der Waals surface area (Å²) in [6, 6.07) is 13.3. The smallest absolute Gasteiger partial charge is 0.411 e. The van der Waals surface area contributed by atoms with Crippen LogP contribution in [0.3, 0.4) is 0 Å². The van der Waals surface area contributed by atoms with Crippen LogP contribution in [0.2, 0.25) is 0 Å². The standard InChI is InChI=1S/C20H23N3O3/c1-3-26-20(25)23-17-10-6-9-16(13(17)2)21-19(24)22-18-12-11-14-7-4-5-8-15(14)18/h4-10,18H,3,11-12H2,1-2H3,(H,23,25)(H2,21,22,24). The van der Waals surface area contributed by atoms with E-state index >= 15 is 0 Å². The average molecular weight is 353 g/mol. The minimum absolute atomic E-state index is 0.0207. The van der Waals surface area contributed by atoms with E-state index in [1.165, 1.54) is 11.1 Å². The Labute approximate surface area is 152 Å². The zero-order valence-corrected chi connectivity index (χ0v) is 15.0. The van der Waals surface area contributed by atoms with E-state index in [0.29, 0.717) is 18.0 Å². The maximum Gasteiger partial charge on any atom is 0.411 e. The second kappa shape index (κ2) is 7.91. The van der Waals surface area contributed by atoms with Gasteiger partial charge in [-0.3, -0.25) is 5.32 Å². The lowest BCUT2D eigenvalue weighted by Gasteiger charge is -2.17. The largest absolute Gasteiger partial charge is 0.450 e. The molecule has 0 spiro atoms. The minimum Gasteiger partial charge on any atom is -0.450 e. The first kappa shape index (κ1) is 17.8. The van der Waals surface area contributed by atoms with Crippen LogP contribution in [0.15, 0.2) is 42.5 Å². The lowest BCUT2D eigenvalue weighted by atomic mass is 10.1. The van der Waals surface area contributed by atoms with Crippen molar-refractivity contribution in [1.29, 1.82) is 0 Å². The molecule has 1 aliphatic rings. The lowest BCUT2D eigenvalue weighted by molar-refractivity contribution is 0.168. The summed E-state index contributed by atoms with van der Waals surface area (Å²) in [6.45, 7) is 3.88. The molecule has 0 fully saturated rings. The molecule has 3 N–H and O–H groups in total. The number of nitrogens with one attached hydrogen (secondary N) is 3. The summed E-state index contributed by atoms with van der Waals surface area (Å²) in [5, 5.41) is 8.58. The number of anilines is 2. The van der Waals surface area contributed by atoms with E-state index in [0.717, 1.165) is 18.4 Å². The Balaban J connectivity index is 1.66. The van der Waals surface area contributed by atoms with Crippen LogP contribution in [0.1, 0.15) is 36.1 Å². The van der Waals surface area contributed by atoms with Crippen molar-refractivity contribution >= 4 is 23.5 Å². The number of carbonyl (C=O) groups excluding carboxylic acids is 2. The summed E-state index contributed by atoms with van der Waals surface area (Å²) in [4.78, 5) is 24.0. The second-order valence-electron chi connectivity index (χ2n) is 6.21. The fourth-order valence-electron chi connectivity index (χ4n) is 3.21. The van der Waals surface area contributed by atoms with Gasteiger partial charge >= 0.3 is 12.1 Å². The molecule has 0 radical (unpaired) electrons. The molecule has 3 amide bonds. The average Bonchev–Trinajstić information content (AvgIpc) is 3.02. The van der Waals surface area contributed by atoms with Crippen LogP contribution in [0.4, 0.5) is 21.0 Å². The third-order valence-electron chi connectivity index (χ3n) is 4.53. The molecule has 0 bridgehead atoms. The molecule has 0 aliphatic heterocycles. The highest BCUT2D eigenvalue weighted by atomic mass is 16.5. The second-order valence-corrected chi connectivity index (χ2v) is 6.21. The molecule has 0 saturated heterocycles. The number of ether oxygens (including phenoxy) is 1. The van der Waals surface area contributed by atoms with Crippen LogP contribution in [-0.4, -0.2) is 18.7 Å². The van der Waals surface area contributed by atoms with Crippen molar-refractivity contribution in [3.05, 3.63) is 59.2 Å². The molecule has 6 nitrogen and oxygen atoms in total. The van der Waals surface area contributed by atoms with Crippen LogP contribution < -0.4 is 16.0 Å². The highest BCUT2D eigenvalue weighted by Gasteiger charge is 2.23. The molecule has 136 valence electrons. The van der Waals surface area contributed by atoms with Crippen LogP contribution >= 0.6 is 0 Å². The quantitative estimate of drug-likeness (QED) is 0.763. The van der Waals surface area contributed by atoms with Crippen LogP contribution in [0, 0.1) is 6.92 Å². The Morgan fingerprint density at radius 2 is 1.81 bits per heavy atom. The van der Waals surface area contributed by atoms with E-state index in [1.54, 1.807) is 25.1 Å². The van der Waals surface area contributed by atoms with Crippen LogP contribution in [-0.2, 0) is 11.2 Å². The molecule has 0 saturated carbocycles. The molecule has 26 heavy (non-hydrogen) atoms. The topological polar surface area (TPSA) is 79.5 Å². The van der Waals surface area contributed by atoms with Gasteiger partial charge in [-0.2, -0.15) is 0 Å². The Morgan fingerprint density at radius 1 is 1.08 bits per heavy atom. The molecule has 1 aliphatic carbocycles. The molecule has 1 unspecified atom stereocenters. The van der Waals surface area contributed by atoms with Gasteiger partial charge in [-0.25, -0.2) is 9.59 Å². The zero-order chi connectivity index (χ0) is 18.5. The van der Waals surface area contributed by atoms with Gasteiger partial charge in [-0.15, -0.1) is 0 Å². The summed E-state index contributed by atoms with van der Waals surface area (Å²) >= 11 is 0. The van der Waals surface area contributed by atoms with Crippen molar-refractivity contribution in [1.82, 2.24) is 5.32 Å². The first-order chi connectivity index (χ1) is 12.6. The predicted molar refractivity (Wildman–Crippen MR) is 101 cm³/mol. The van der Waals surface area contributed by atoms with Crippen molar-refractivity contribution in [3.63, 3.8) is 0 Å². The van der Waals surface area contributed by atoms with Crippen molar-refractivity contribution in [2.75, 3.05) is 17.2 Å². The summed E-state index contributed by atoms with van der Waals surface area (Å²) in [6.07, 6.45) is 1.36. The Kier molecular flexibility index (Phi) is 5.41. The third-order valence-corrected chi connectivity index (χ3v) is 4.53. The summed E-state index contributed by atoms with van der Waals surface area (Å²) in [5.41, 5.74) is 4.48. The maximum atomic E-state index is 12.4. The number of rotatable bonds is 4. The molecular weight excluding hydrogens is 330 g/mol. The minimum atomic E-state index is -0.514. The number of fused-ring (bicyclic) bond motifs is 1. The number of urea groups is 1. The molecule has 0 heterocycles. The highest BCUT2D eigenvalue weighted by Crippen LogP contribution is 2.31. The van der Waals surface area contributed by atoms with Gasteiger partial charge in [0.25, 0.3) is 0 Å². The molecule has 2 aromatic rings. The van der Waals surface area contributed by atoms with Crippen molar-refractivity contribution in [2.45, 2.75) is 32.7 Å². The SMILES string of the molecule is CCOC(=O)Nc1cccc(NC(=O)NC2CCc3ccccc32)c1C. The Hall–Kier alpha value is -3.02. The molecule has 0 aromatic heterocycles. The van der Waals surface area contributed by atoms with Gasteiger partial charge in [0.15, 0.2) is 0 Å². The maximum absolute atomic E-state index is 12.4. The molecular formula is C20H23N3O3. The molecule has 2 aromatic carbocycles. The summed E-state index contributed by atoms with van der Waals surface area (Å²) < 4.78 is 4.89. The van der Waals surface area contributed by atoms with Gasteiger partial charge in [0.2, 0.25) is 0 Å². The molecule has 6 heteroatoms. The number of hydrogen-bond acceptors (Lipinski definition) is 3. The number of hydrogen-bond donors (Lipinski definition) is 3. The van der Waals surface area contributed by atoms with Crippen LogP contribution in [0.25, 0.3) is 0 Å². The number of carbonyl (C=O) groups is 2. The Bertz CT molecular complexity index is 820. The van der Waals surface area contributed by atoms with E-state index in [2.05, 4.69) is 28.1 Å². The predicted octanol–water partition coefficient (Wildman–Crippen LogP) is 4.37. The Morgan fingerprint density at radius 3 is 2.58 bits per heavy atom. The number of benzene rings is 2. The van der Waals surface area contributed by atoms with Gasteiger partial charge in [-0.1, -0.05) is 30.3 Å². The van der Waals surface area contributed by atoms with E-state index in [4.69, 9.17) is 4.74 Å². The first-order valence-corrected chi connectivity index (χ1v) is 8.77. The molecule has 1 atom stereocenters. The van der Waals surface area contributed by atoms with Gasteiger partial charge < -0.3 is 15.4 Å². The molecule has 3 rings (SSSR count). The van der Waals surface area contributed by atoms with Crippen molar-refractivity contribution in [3.8, 4) is 0 Å². The van der Waals surface area contributed by atoms with Crippen LogP contribution in [0.5, 0.6) is 0 Å². The van der Waals surface area contributed by atoms with Crippen molar-refractivity contribution in [2.24, 2.45) is 0 Å². The number of aryl methyl sites for hydroxylation is 1. The van der Waals surface area contributed by atoms with Crippen molar-refractivity contribution < 1.29 is 14.3 Å². The van der Waals surface area contributed by atoms with Gasteiger partial charge in [-0.05, 0) is 55.5 Å². The monoisotopic (exact) mass is 353 g/mol. The lowest BCUT2D eigenvalue weighted by Crippen LogP contribution is -2.31. The number of amides is 3. The highest BCUT2D eigenvalue weighted by molar-refractivity contribution is 5.93. The normalized spacial score (nSPS) is 15.1. The fourth-order valence-corrected chi connectivity index (χ4v) is 3.21. The third kappa shape index (κ3) is 3.96. The van der Waals surface area contributed by atoms with E-state index in [1.807, 2.05) is 19.1 Å². The fraction of sp³-hybridized carbons (Fsp3) is 0.300. The van der Waals surface area contributed by atoms with E-state index in [9.17, 15) is 9.59 Å². The van der Waals surface area contributed by atoms with E-state index < -0.39 is 6.09 Å². The van der Waals surface area contributed by atoms with Gasteiger partial charge in [0.05, 0.1) is 12.6 Å². The van der Waals surface area contributed by atoms with Gasteiger partial charge in [0.1, 0.15) is 0 Å². The first-order valence-electron chi connectivity index (χ1n) is 8.77. The summed E-state index contributed by atoms with van der Waals surface area (Å²) in [5.74, 6) is 0. The van der Waals surface area contributed by atoms with E-state index in [-0.39, 0.29) is 12.1 Å². The summed E-state index contributed by atoms with van der Waals surface area (Å²) in [7, 11) is 0.